The second-order valence-electron chi connectivity index (χ2n) is 5.91. The number of rotatable bonds is 6. The van der Waals surface area contributed by atoms with Gasteiger partial charge in [-0.05, 0) is 54.6 Å². The van der Waals surface area contributed by atoms with Crippen LogP contribution in [0.5, 0.6) is 0 Å². The summed E-state index contributed by atoms with van der Waals surface area (Å²) in [6.07, 6.45) is 0. The lowest BCUT2D eigenvalue weighted by Crippen LogP contribution is -2.17. The van der Waals surface area contributed by atoms with Crippen molar-refractivity contribution < 1.29 is 19.2 Å². The van der Waals surface area contributed by atoms with Crippen LogP contribution in [-0.4, -0.2) is 23.1 Å². The Hall–Kier alpha value is -3.08. The van der Waals surface area contributed by atoms with Crippen LogP contribution in [-0.2, 0) is 0 Å². The third kappa shape index (κ3) is 4.25. The van der Waals surface area contributed by atoms with Gasteiger partial charge in [0.25, 0.3) is 0 Å². The third-order valence-corrected chi connectivity index (χ3v) is 4.52. The first-order chi connectivity index (χ1) is 13.4. The molecule has 0 aliphatic heterocycles. The van der Waals surface area contributed by atoms with Gasteiger partial charge in [-0.15, -0.1) is 0 Å². The van der Waals surface area contributed by atoms with Crippen LogP contribution in [0.4, 0.5) is 0 Å². The zero-order chi connectivity index (χ0) is 20.3. The van der Waals surface area contributed by atoms with Gasteiger partial charge in [0, 0.05) is 32.3 Å². The molecule has 3 rings (SSSR count). The molecule has 3 aromatic carbocycles. The number of hydrogen-bond acceptors (Lipinski definition) is 4. The van der Waals surface area contributed by atoms with Gasteiger partial charge in [0.15, 0.2) is 0 Å². The molecule has 0 unspecified atom stereocenters. The van der Waals surface area contributed by atoms with Crippen LogP contribution in [0.1, 0.15) is 41.4 Å². The van der Waals surface area contributed by atoms with E-state index in [1.165, 1.54) is 72.8 Å². The Morgan fingerprint density at radius 1 is 0.464 bits per heavy atom. The molecule has 0 radical (unpaired) electrons. The zero-order valence-electron chi connectivity index (χ0n) is 14.3. The average molecular weight is 411 g/mol. The SMILES string of the molecule is O=C(C(=O)c1cccc(C(=O)C(=O)c2ccc(Cl)cc2)c1)c1ccc(Cl)cc1. The summed E-state index contributed by atoms with van der Waals surface area (Å²) in [5.74, 6) is -3.03. The van der Waals surface area contributed by atoms with Crippen molar-refractivity contribution in [2.24, 2.45) is 0 Å². The summed E-state index contributed by atoms with van der Waals surface area (Å²) in [5.41, 5.74) is 0.413. The molecule has 6 heteroatoms. The van der Waals surface area contributed by atoms with Crippen LogP contribution in [0.15, 0.2) is 72.8 Å². The summed E-state index contributed by atoms with van der Waals surface area (Å²) in [4.78, 5) is 49.7. The molecule has 0 amide bonds. The maximum Gasteiger partial charge on any atom is 0.233 e. The first-order valence-corrected chi connectivity index (χ1v) is 8.91. The number of benzene rings is 3. The summed E-state index contributed by atoms with van der Waals surface area (Å²) < 4.78 is 0. The summed E-state index contributed by atoms with van der Waals surface area (Å²) in [7, 11) is 0. The lowest BCUT2D eigenvalue weighted by molar-refractivity contribution is 0.0812. The number of halogens is 2. The maximum absolute atomic E-state index is 12.5. The first-order valence-electron chi connectivity index (χ1n) is 8.16. The molecule has 0 saturated heterocycles. The quantitative estimate of drug-likeness (QED) is 0.417. The second-order valence-corrected chi connectivity index (χ2v) is 6.78. The van der Waals surface area contributed by atoms with E-state index in [2.05, 4.69) is 0 Å². The minimum absolute atomic E-state index is 0.0229. The first kappa shape index (κ1) is 19.7. The van der Waals surface area contributed by atoms with E-state index in [0.717, 1.165) is 0 Å². The highest BCUT2D eigenvalue weighted by molar-refractivity contribution is 6.51. The van der Waals surface area contributed by atoms with Crippen LogP contribution < -0.4 is 0 Å². The molecule has 28 heavy (non-hydrogen) atoms. The normalized spacial score (nSPS) is 10.4. The minimum Gasteiger partial charge on any atom is -0.285 e. The largest absolute Gasteiger partial charge is 0.285 e. The number of carbonyl (C=O) groups excluding carboxylic acids is 4. The van der Waals surface area contributed by atoms with E-state index in [0.29, 0.717) is 10.0 Å². The molecule has 0 N–H and O–H groups in total. The summed E-state index contributed by atoms with van der Waals surface area (Å²) in [6.45, 7) is 0. The monoisotopic (exact) mass is 410 g/mol. The van der Waals surface area contributed by atoms with E-state index in [1.807, 2.05) is 0 Å². The smallest absolute Gasteiger partial charge is 0.233 e. The van der Waals surface area contributed by atoms with Gasteiger partial charge in [-0.25, -0.2) is 0 Å². The predicted molar refractivity (Wildman–Crippen MR) is 107 cm³/mol. The highest BCUT2D eigenvalue weighted by atomic mass is 35.5. The van der Waals surface area contributed by atoms with Gasteiger partial charge in [-0.3, -0.25) is 19.2 Å². The lowest BCUT2D eigenvalue weighted by Gasteiger charge is -2.05. The van der Waals surface area contributed by atoms with E-state index < -0.39 is 23.1 Å². The van der Waals surface area contributed by atoms with Gasteiger partial charge >= 0.3 is 0 Å². The molecular formula is C22H12Cl2O4. The van der Waals surface area contributed by atoms with Crippen molar-refractivity contribution in [2.75, 3.05) is 0 Å². The van der Waals surface area contributed by atoms with Crippen LogP contribution in [0.2, 0.25) is 10.0 Å². The summed E-state index contributed by atoms with van der Waals surface area (Å²) >= 11 is 11.6. The van der Waals surface area contributed by atoms with Gasteiger partial charge in [-0.1, -0.05) is 41.4 Å². The number of carbonyl (C=O) groups is 4. The molecule has 0 aliphatic carbocycles. The Labute approximate surface area is 170 Å². The van der Waals surface area contributed by atoms with Gasteiger partial charge in [0.1, 0.15) is 0 Å². The van der Waals surface area contributed by atoms with Gasteiger partial charge in [0.05, 0.1) is 0 Å². The van der Waals surface area contributed by atoms with Crippen molar-refractivity contribution in [3.8, 4) is 0 Å². The highest BCUT2D eigenvalue weighted by Gasteiger charge is 2.22. The molecule has 0 saturated carbocycles. The fourth-order valence-corrected chi connectivity index (χ4v) is 2.78. The molecule has 0 aliphatic rings. The Kier molecular flexibility index (Phi) is 5.83. The van der Waals surface area contributed by atoms with Crippen LogP contribution >= 0.6 is 23.2 Å². The molecule has 0 spiro atoms. The molecule has 4 nitrogen and oxygen atoms in total. The third-order valence-electron chi connectivity index (χ3n) is 4.01. The summed E-state index contributed by atoms with van der Waals surface area (Å²) in [5, 5.41) is 0.884. The Bertz CT molecular complexity index is 1000. The zero-order valence-corrected chi connectivity index (χ0v) is 15.8. The van der Waals surface area contributed by atoms with Gasteiger partial charge < -0.3 is 0 Å². The van der Waals surface area contributed by atoms with Crippen LogP contribution in [0.3, 0.4) is 0 Å². The molecule has 0 heterocycles. The van der Waals surface area contributed by atoms with E-state index in [4.69, 9.17) is 23.2 Å². The molecule has 138 valence electrons. The molecule has 3 aromatic rings. The fourth-order valence-electron chi connectivity index (χ4n) is 2.53. The van der Waals surface area contributed by atoms with Crippen molar-refractivity contribution in [2.45, 2.75) is 0 Å². The second kappa shape index (κ2) is 8.30. The predicted octanol–water partition coefficient (Wildman–Crippen LogP) is 5.12. The summed E-state index contributed by atoms with van der Waals surface area (Å²) in [6, 6.07) is 17.3. The van der Waals surface area contributed by atoms with Crippen molar-refractivity contribution in [1.29, 1.82) is 0 Å². The van der Waals surface area contributed by atoms with Crippen molar-refractivity contribution in [3.05, 3.63) is 105 Å². The topological polar surface area (TPSA) is 68.3 Å². The molecule has 0 fully saturated rings. The number of hydrogen-bond donors (Lipinski definition) is 0. The molecule has 0 atom stereocenters. The van der Waals surface area contributed by atoms with Crippen LogP contribution in [0.25, 0.3) is 0 Å². The van der Waals surface area contributed by atoms with E-state index in [1.54, 1.807) is 0 Å². The Balaban J connectivity index is 1.85. The fraction of sp³-hybridized carbons (Fsp3) is 0. The Morgan fingerprint density at radius 3 is 1.14 bits per heavy atom. The van der Waals surface area contributed by atoms with E-state index >= 15 is 0 Å². The van der Waals surface area contributed by atoms with Gasteiger partial charge in [-0.2, -0.15) is 0 Å². The van der Waals surface area contributed by atoms with Crippen molar-refractivity contribution in [3.63, 3.8) is 0 Å². The number of ketones is 4. The molecule has 0 bridgehead atoms. The van der Waals surface area contributed by atoms with Crippen molar-refractivity contribution in [1.82, 2.24) is 0 Å². The van der Waals surface area contributed by atoms with E-state index in [-0.39, 0.29) is 22.3 Å². The minimum atomic E-state index is -0.782. The lowest BCUT2D eigenvalue weighted by atomic mass is 9.96. The van der Waals surface area contributed by atoms with E-state index in [9.17, 15) is 19.2 Å². The van der Waals surface area contributed by atoms with Crippen LogP contribution in [0, 0.1) is 0 Å². The average Bonchev–Trinajstić information content (AvgIpc) is 2.73. The standard InChI is InChI=1S/C22H12Cl2O4/c23-17-8-4-13(5-9-17)19(25)21(27)15-2-1-3-16(12-15)22(28)20(26)14-6-10-18(24)11-7-14/h1-12H. The highest BCUT2D eigenvalue weighted by Crippen LogP contribution is 2.16. The Morgan fingerprint density at radius 2 is 0.786 bits per heavy atom. The van der Waals surface area contributed by atoms with Gasteiger partial charge in [0.2, 0.25) is 23.1 Å². The maximum atomic E-state index is 12.5. The molecular weight excluding hydrogens is 399 g/mol. The number of Topliss-reactive ketones (excluding diaryl/α,β-unsaturated/α-hetero) is 4. The molecule has 0 aromatic heterocycles. The van der Waals surface area contributed by atoms with Crippen molar-refractivity contribution >= 4 is 46.3 Å².